The Kier molecular flexibility index (Phi) is 7.32. The zero-order valence-electron chi connectivity index (χ0n) is 15.3. The van der Waals surface area contributed by atoms with Crippen LogP contribution in [0.3, 0.4) is 0 Å². The van der Waals surface area contributed by atoms with Crippen LogP contribution in [0.15, 0.2) is 48.5 Å². The second-order valence-corrected chi connectivity index (χ2v) is 5.63. The smallest absolute Gasteiger partial charge is 0.279 e. The molecular formula is C19H20FN3O5. The zero-order valence-corrected chi connectivity index (χ0v) is 15.3. The second-order valence-electron chi connectivity index (χ2n) is 5.63. The van der Waals surface area contributed by atoms with E-state index in [0.29, 0.717) is 11.5 Å². The van der Waals surface area contributed by atoms with Crippen LogP contribution < -0.4 is 25.6 Å². The largest absolute Gasteiger partial charge is 0.496 e. The van der Waals surface area contributed by atoms with Gasteiger partial charge in [0.2, 0.25) is 0 Å². The molecule has 0 saturated carbocycles. The predicted octanol–water partition coefficient (Wildman–Crippen LogP) is 1.18. The number of carbonyl (C=O) groups excluding carboxylic acids is 3. The van der Waals surface area contributed by atoms with E-state index in [2.05, 4.69) is 16.2 Å². The third-order valence-corrected chi connectivity index (χ3v) is 3.58. The van der Waals surface area contributed by atoms with Crippen LogP contribution in [0.25, 0.3) is 0 Å². The first-order valence-corrected chi connectivity index (χ1v) is 8.33. The predicted molar refractivity (Wildman–Crippen MR) is 98.1 cm³/mol. The monoisotopic (exact) mass is 389 g/mol. The van der Waals surface area contributed by atoms with Crippen molar-refractivity contribution in [3.63, 3.8) is 0 Å². The van der Waals surface area contributed by atoms with Gasteiger partial charge in [-0.25, -0.2) is 4.39 Å². The van der Waals surface area contributed by atoms with Gasteiger partial charge in [-0.3, -0.25) is 25.2 Å². The van der Waals surface area contributed by atoms with Crippen LogP contribution in [-0.4, -0.2) is 37.5 Å². The van der Waals surface area contributed by atoms with E-state index in [9.17, 15) is 18.8 Å². The summed E-state index contributed by atoms with van der Waals surface area (Å²) in [5, 5.41) is 2.42. The Labute approximate surface area is 161 Å². The van der Waals surface area contributed by atoms with Crippen LogP contribution in [0.1, 0.15) is 17.3 Å². The number of hydrazine groups is 1. The van der Waals surface area contributed by atoms with Gasteiger partial charge in [0.05, 0.1) is 19.2 Å². The van der Waals surface area contributed by atoms with Gasteiger partial charge in [0.1, 0.15) is 17.3 Å². The molecule has 0 aliphatic heterocycles. The molecule has 1 atom stereocenters. The third-order valence-electron chi connectivity index (χ3n) is 3.58. The maximum Gasteiger partial charge on any atom is 0.279 e. The lowest BCUT2D eigenvalue weighted by Crippen LogP contribution is -2.50. The fraction of sp³-hybridized carbons (Fsp3) is 0.211. The highest BCUT2D eigenvalue weighted by Gasteiger charge is 2.16. The number of ether oxygens (including phenoxy) is 2. The third kappa shape index (κ3) is 5.97. The first kappa shape index (κ1) is 20.7. The summed E-state index contributed by atoms with van der Waals surface area (Å²) in [6, 6.07) is 11.7. The van der Waals surface area contributed by atoms with E-state index in [4.69, 9.17) is 9.47 Å². The molecule has 0 bridgehead atoms. The van der Waals surface area contributed by atoms with E-state index in [1.54, 1.807) is 24.3 Å². The Hall–Kier alpha value is -3.62. The minimum atomic E-state index is -0.936. The number of carbonyl (C=O) groups is 3. The second kappa shape index (κ2) is 9.91. The summed E-state index contributed by atoms with van der Waals surface area (Å²) >= 11 is 0. The number of nitrogens with one attached hydrogen (secondary N) is 3. The van der Waals surface area contributed by atoms with Crippen molar-refractivity contribution in [3.05, 3.63) is 59.9 Å². The highest BCUT2D eigenvalue weighted by Crippen LogP contribution is 2.16. The molecule has 0 radical (unpaired) electrons. The molecular weight excluding hydrogens is 369 g/mol. The van der Waals surface area contributed by atoms with Crippen LogP contribution in [-0.2, 0) is 9.59 Å². The molecule has 2 aromatic rings. The molecule has 2 aromatic carbocycles. The van der Waals surface area contributed by atoms with Crippen LogP contribution in [0.4, 0.5) is 4.39 Å². The molecule has 0 aromatic heterocycles. The molecule has 0 heterocycles. The standard InChI is InChI=1S/C19H20FN3O5/c1-12(28-14-9-7-13(20)8-10-14)18(25)23-22-17(24)11-21-19(26)15-5-3-4-6-16(15)27-2/h3-10,12H,11H2,1-2H3,(H,21,26)(H,22,24)(H,23,25). The van der Waals surface area contributed by atoms with E-state index < -0.39 is 29.6 Å². The number of amides is 3. The van der Waals surface area contributed by atoms with Crippen molar-refractivity contribution in [2.24, 2.45) is 0 Å². The number of halogens is 1. The van der Waals surface area contributed by atoms with Gasteiger partial charge in [-0.05, 0) is 43.3 Å². The molecule has 0 saturated heterocycles. The first-order chi connectivity index (χ1) is 13.4. The molecule has 3 amide bonds. The van der Waals surface area contributed by atoms with Crippen LogP contribution in [0.5, 0.6) is 11.5 Å². The van der Waals surface area contributed by atoms with Gasteiger partial charge in [0.25, 0.3) is 17.7 Å². The zero-order chi connectivity index (χ0) is 20.5. The maximum absolute atomic E-state index is 12.9. The first-order valence-electron chi connectivity index (χ1n) is 8.33. The number of para-hydroxylation sites is 1. The van der Waals surface area contributed by atoms with Crippen molar-refractivity contribution in [3.8, 4) is 11.5 Å². The van der Waals surface area contributed by atoms with Crippen molar-refractivity contribution >= 4 is 17.7 Å². The highest BCUT2D eigenvalue weighted by molar-refractivity contribution is 5.98. The minimum absolute atomic E-state index is 0.281. The van der Waals surface area contributed by atoms with Crippen LogP contribution in [0.2, 0.25) is 0 Å². The maximum atomic E-state index is 12.9. The molecule has 1 unspecified atom stereocenters. The fourth-order valence-electron chi connectivity index (χ4n) is 2.14. The van der Waals surface area contributed by atoms with Crippen molar-refractivity contribution in [1.29, 1.82) is 0 Å². The number of hydrogen-bond acceptors (Lipinski definition) is 5. The Morgan fingerprint density at radius 1 is 1.04 bits per heavy atom. The Morgan fingerprint density at radius 3 is 2.39 bits per heavy atom. The van der Waals surface area contributed by atoms with Gasteiger partial charge >= 0.3 is 0 Å². The summed E-state index contributed by atoms with van der Waals surface area (Å²) in [7, 11) is 1.43. The Morgan fingerprint density at radius 2 is 1.71 bits per heavy atom. The molecule has 0 spiro atoms. The summed E-state index contributed by atoms with van der Waals surface area (Å²) in [4.78, 5) is 35.8. The van der Waals surface area contributed by atoms with E-state index in [0.717, 1.165) is 0 Å². The number of hydrogen-bond donors (Lipinski definition) is 3. The van der Waals surface area contributed by atoms with E-state index in [1.165, 1.54) is 38.3 Å². The topological polar surface area (TPSA) is 106 Å². The van der Waals surface area contributed by atoms with Gasteiger partial charge in [-0.1, -0.05) is 12.1 Å². The molecule has 0 fully saturated rings. The van der Waals surface area contributed by atoms with Gasteiger partial charge in [0.15, 0.2) is 6.10 Å². The van der Waals surface area contributed by atoms with Crippen LogP contribution >= 0.6 is 0 Å². The molecule has 9 heteroatoms. The summed E-state index contributed by atoms with van der Waals surface area (Å²) in [5.74, 6) is -1.49. The minimum Gasteiger partial charge on any atom is -0.496 e. The van der Waals surface area contributed by atoms with E-state index in [-0.39, 0.29) is 12.1 Å². The summed E-state index contributed by atoms with van der Waals surface area (Å²) in [5.41, 5.74) is 4.64. The van der Waals surface area contributed by atoms with Crippen molar-refractivity contribution < 1.29 is 28.2 Å². The quantitative estimate of drug-likeness (QED) is 0.617. The molecule has 0 aliphatic carbocycles. The van der Waals surface area contributed by atoms with Crippen molar-refractivity contribution in [2.75, 3.05) is 13.7 Å². The Bertz CT molecular complexity index is 842. The average molecular weight is 389 g/mol. The SMILES string of the molecule is COc1ccccc1C(=O)NCC(=O)NNC(=O)C(C)Oc1ccc(F)cc1. The van der Waals surface area contributed by atoms with Gasteiger partial charge in [-0.2, -0.15) is 0 Å². The van der Waals surface area contributed by atoms with Crippen molar-refractivity contribution in [1.82, 2.24) is 16.2 Å². The number of methoxy groups -OCH3 is 1. The molecule has 148 valence electrons. The molecule has 28 heavy (non-hydrogen) atoms. The molecule has 2 rings (SSSR count). The summed E-state index contributed by atoms with van der Waals surface area (Å²) < 4.78 is 23.3. The molecule has 0 aliphatic rings. The highest BCUT2D eigenvalue weighted by atomic mass is 19.1. The van der Waals surface area contributed by atoms with Gasteiger partial charge in [-0.15, -0.1) is 0 Å². The van der Waals surface area contributed by atoms with Gasteiger partial charge < -0.3 is 14.8 Å². The lowest BCUT2D eigenvalue weighted by atomic mass is 10.2. The van der Waals surface area contributed by atoms with E-state index >= 15 is 0 Å². The average Bonchev–Trinajstić information content (AvgIpc) is 2.71. The normalized spacial score (nSPS) is 11.1. The van der Waals surface area contributed by atoms with E-state index in [1.807, 2.05) is 0 Å². The lowest BCUT2D eigenvalue weighted by molar-refractivity contribution is -0.132. The summed E-state index contributed by atoms with van der Waals surface area (Å²) in [6.07, 6.45) is -0.936. The fourth-order valence-corrected chi connectivity index (χ4v) is 2.14. The Balaban J connectivity index is 1.76. The lowest BCUT2D eigenvalue weighted by Gasteiger charge is -2.15. The summed E-state index contributed by atoms with van der Waals surface area (Å²) in [6.45, 7) is 1.11. The van der Waals surface area contributed by atoms with Gasteiger partial charge in [0, 0.05) is 0 Å². The van der Waals surface area contributed by atoms with Crippen molar-refractivity contribution in [2.45, 2.75) is 13.0 Å². The van der Waals surface area contributed by atoms with Crippen LogP contribution in [0, 0.1) is 5.82 Å². The number of rotatable bonds is 7. The molecule has 8 nitrogen and oxygen atoms in total. The molecule has 3 N–H and O–H groups in total. The number of benzene rings is 2.